The molecule has 44 heavy (non-hydrogen) atoms. The Kier molecular flexibility index (Phi) is 9.02. The fourth-order valence-electron chi connectivity index (χ4n) is 5.62. The van der Waals surface area contributed by atoms with Crippen LogP contribution in [0.25, 0.3) is 0 Å². The third-order valence-corrected chi connectivity index (χ3v) is 9.39. The standard InChI is InChI=1S/C30H35F4N5O4S/c1-18(22-14-35-28(36-15-22)42-17-30(32,33)34)39-11-10-19-8-9-24(13-21(19)16-39)44(40,41)38-27-25(20-6-5-7-23(31)12-20)26(43-37-27)29(2,3)4/h5-9,12-15,18,25-27,37-38H,10-11,16-17H2,1-4H3. The molecule has 4 atom stereocenters. The first-order valence-corrected chi connectivity index (χ1v) is 15.7. The quantitative estimate of drug-likeness (QED) is 0.332. The predicted molar refractivity (Wildman–Crippen MR) is 153 cm³/mol. The highest BCUT2D eigenvalue weighted by molar-refractivity contribution is 7.89. The maximum absolute atomic E-state index is 14.2. The smallest absolute Gasteiger partial charge is 0.422 e. The molecule has 0 saturated carbocycles. The molecule has 3 heterocycles. The molecule has 0 amide bonds. The first-order valence-electron chi connectivity index (χ1n) is 14.2. The first-order chi connectivity index (χ1) is 20.6. The van der Waals surface area contributed by atoms with E-state index >= 15 is 0 Å². The minimum absolute atomic E-state index is 0.0826. The lowest BCUT2D eigenvalue weighted by Gasteiger charge is -2.34. The van der Waals surface area contributed by atoms with E-state index in [9.17, 15) is 26.0 Å². The summed E-state index contributed by atoms with van der Waals surface area (Å²) in [6.45, 7) is 7.49. The van der Waals surface area contributed by atoms with Crippen LogP contribution >= 0.6 is 0 Å². The van der Waals surface area contributed by atoms with Crippen molar-refractivity contribution in [1.29, 1.82) is 0 Å². The monoisotopic (exact) mass is 637 g/mol. The Morgan fingerprint density at radius 1 is 1.11 bits per heavy atom. The molecule has 4 unspecified atom stereocenters. The molecular formula is C30H35F4N5O4S. The van der Waals surface area contributed by atoms with Gasteiger partial charge in [0.2, 0.25) is 10.0 Å². The van der Waals surface area contributed by atoms with Crippen LogP contribution in [0.15, 0.2) is 59.8 Å². The number of alkyl halides is 3. The van der Waals surface area contributed by atoms with Crippen molar-refractivity contribution in [1.82, 2.24) is 25.1 Å². The van der Waals surface area contributed by atoms with Crippen LogP contribution in [0.3, 0.4) is 0 Å². The van der Waals surface area contributed by atoms with E-state index in [0.717, 1.165) is 11.1 Å². The summed E-state index contributed by atoms with van der Waals surface area (Å²) in [6, 6.07) is 10.5. The van der Waals surface area contributed by atoms with Crippen LogP contribution in [-0.4, -0.2) is 54.9 Å². The van der Waals surface area contributed by atoms with E-state index in [1.807, 2.05) is 33.8 Å². The van der Waals surface area contributed by atoms with Gasteiger partial charge in [-0.3, -0.25) is 9.74 Å². The Morgan fingerprint density at radius 3 is 2.50 bits per heavy atom. The summed E-state index contributed by atoms with van der Waals surface area (Å²) in [5.74, 6) is -0.920. The SMILES string of the molecule is CC(c1cnc(OCC(F)(F)F)nc1)N1CCc2ccc(S(=O)(=O)NC3NOC(C(C)(C)C)C3c3cccc(F)c3)cc2C1. The van der Waals surface area contributed by atoms with Gasteiger partial charge in [0.15, 0.2) is 6.61 Å². The summed E-state index contributed by atoms with van der Waals surface area (Å²) in [6.07, 6.45) is -2.24. The molecule has 1 aromatic heterocycles. The van der Waals surface area contributed by atoms with Crippen molar-refractivity contribution in [3.8, 4) is 6.01 Å². The summed E-state index contributed by atoms with van der Waals surface area (Å²) < 4.78 is 86.1. The minimum atomic E-state index is -4.49. The van der Waals surface area contributed by atoms with Gasteiger partial charge in [0, 0.05) is 43.0 Å². The van der Waals surface area contributed by atoms with E-state index < -0.39 is 46.8 Å². The van der Waals surface area contributed by atoms with Gasteiger partial charge in [0.05, 0.1) is 11.0 Å². The topological polar surface area (TPSA) is 106 Å². The molecular weight excluding hydrogens is 602 g/mol. The van der Waals surface area contributed by atoms with Crippen LogP contribution < -0.4 is 14.9 Å². The summed E-state index contributed by atoms with van der Waals surface area (Å²) >= 11 is 0. The van der Waals surface area contributed by atoms with Gasteiger partial charge >= 0.3 is 12.2 Å². The second kappa shape index (κ2) is 12.3. The molecule has 14 heteroatoms. The summed E-state index contributed by atoms with van der Waals surface area (Å²) in [5, 5.41) is 0. The molecule has 2 N–H and O–H groups in total. The van der Waals surface area contributed by atoms with Crippen molar-refractivity contribution >= 4 is 10.0 Å². The van der Waals surface area contributed by atoms with Crippen LogP contribution in [0.1, 0.15) is 61.9 Å². The Morgan fingerprint density at radius 2 is 1.84 bits per heavy atom. The van der Waals surface area contributed by atoms with E-state index in [-0.39, 0.29) is 22.4 Å². The number of ether oxygens (including phenoxy) is 1. The Hall–Kier alpha value is -3.17. The van der Waals surface area contributed by atoms with Gasteiger partial charge < -0.3 is 4.74 Å². The Labute approximate surface area is 254 Å². The predicted octanol–water partition coefficient (Wildman–Crippen LogP) is 5.01. The second-order valence-electron chi connectivity index (χ2n) is 12.2. The Balaban J connectivity index is 1.31. The van der Waals surface area contributed by atoms with Crippen LogP contribution in [0.5, 0.6) is 6.01 Å². The normalized spacial score (nSPS) is 22.0. The van der Waals surface area contributed by atoms with E-state index in [4.69, 9.17) is 4.84 Å². The van der Waals surface area contributed by atoms with E-state index in [1.165, 1.54) is 24.5 Å². The number of hydroxylamine groups is 1. The zero-order chi connectivity index (χ0) is 31.9. The molecule has 3 aromatic rings. The highest BCUT2D eigenvalue weighted by Crippen LogP contribution is 2.40. The van der Waals surface area contributed by atoms with Crippen molar-refractivity contribution in [2.75, 3.05) is 13.2 Å². The number of halogens is 4. The number of aromatic nitrogens is 2. The zero-order valence-corrected chi connectivity index (χ0v) is 25.5. The molecule has 1 saturated heterocycles. The lowest BCUT2D eigenvalue weighted by atomic mass is 9.78. The van der Waals surface area contributed by atoms with Gasteiger partial charge in [-0.2, -0.15) is 23.4 Å². The molecule has 0 spiro atoms. The van der Waals surface area contributed by atoms with Crippen molar-refractivity contribution in [2.24, 2.45) is 5.41 Å². The first kappa shape index (κ1) is 32.2. The van der Waals surface area contributed by atoms with Crippen LogP contribution in [-0.2, 0) is 27.8 Å². The Bertz CT molecular complexity index is 1580. The van der Waals surface area contributed by atoms with Gasteiger partial charge in [-0.25, -0.2) is 22.8 Å². The van der Waals surface area contributed by atoms with Gasteiger partial charge in [-0.15, -0.1) is 0 Å². The third kappa shape index (κ3) is 7.37. The molecule has 2 aromatic carbocycles. The molecule has 238 valence electrons. The second-order valence-corrected chi connectivity index (χ2v) is 13.9. The summed E-state index contributed by atoms with van der Waals surface area (Å²) in [7, 11) is -4.03. The molecule has 1 fully saturated rings. The lowest BCUT2D eigenvalue weighted by Crippen LogP contribution is -2.45. The number of benzene rings is 2. The highest BCUT2D eigenvalue weighted by Gasteiger charge is 2.46. The number of sulfonamides is 1. The number of fused-ring (bicyclic) bond motifs is 1. The number of hydrogen-bond acceptors (Lipinski definition) is 8. The largest absolute Gasteiger partial charge is 0.454 e. The average molecular weight is 638 g/mol. The number of nitrogens with one attached hydrogen (secondary N) is 2. The molecule has 2 aliphatic heterocycles. The minimum Gasteiger partial charge on any atom is -0.454 e. The van der Waals surface area contributed by atoms with E-state index in [1.54, 1.807) is 24.3 Å². The number of nitrogens with zero attached hydrogens (tertiary/aromatic N) is 3. The summed E-state index contributed by atoms with van der Waals surface area (Å²) in [5.41, 5.74) is 5.61. The summed E-state index contributed by atoms with van der Waals surface area (Å²) in [4.78, 5) is 15.9. The maximum atomic E-state index is 14.2. The average Bonchev–Trinajstić information content (AvgIpc) is 3.38. The van der Waals surface area contributed by atoms with Gasteiger partial charge in [-0.05, 0) is 59.7 Å². The van der Waals surface area contributed by atoms with E-state index in [0.29, 0.717) is 30.6 Å². The van der Waals surface area contributed by atoms with Crippen LogP contribution in [0.2, 0.25) is 0 Å². The van der Waals surface area contributed by atoms with Gasteiger partial charge in [0.25, 0.3) is 0 Å². The zero-order valence-electron chi connectivity index (χ0n) is 24.7. The third-order valence-electron chi connectivity index (χ3n) is 7.95. The van der Waals surface area contributed by atoms with Crippen LogP contribution in [0.4, 0.5) is 17.6 Å². The van der Waals surface area contributed by atoms with Crippen molar-refractivity contribution in [3.63, 3.8) is 0 Å². The molecule has 9 nitrogen and oxygen atoms in total. The fourth-order valence-corrected chi connectivity index (χ4v) is 6.83. The van der Waals surface area contributed by atoms with E-state index in [2.05, 4.69) is 29.8 Å². The fraction of sp³-hybridized carbons (Fsp3) is 0.467. The molecule has 5 rings (SSSR count). The van der Waals surface area contributed by atoms with Crippen molar-refractivity contribution in [2.45, 2.75) is 76.0 Å². The molecule has 2 aliphatic rings. The molecule has 0 bridgehead atoms. The van der Waals surface area contributed by atoms with Gasteiger partial charge in [-0.1, -0.05) is 39.0 Å². The maximum Gasteiger partial charge on any atom is 0.422 e. The lowest BCUT2D eigenvalue weighted by molar-refractivity contribution is -0.154. The number of hydrogen-bond donors (Lipinski definition) is 2. The highest BCUT2D eigenvalue weighted by atomic mass is 32.2. The molecule has 0 radical (unpaired) electrons. The van der Waals surface area contributed by atoms with Gasteiger partial charge in [0.1, 0.15) is 12.0 Å². The molecule has 0 aliphatic carbocycles. The van der Waals surface area contributed by atoms with Crippen molar-refractivity contribution < 1.29 is 35.6 Å². The van der Waals surface area contributed by atoms with Crippen LogP contribution in [0, 0.1) is 11.2 Å². The van der Waals surface area contributed by atoms with Crippen molar-refractivity contribution in [3.05, 3.63) is 82.9 Å². The number of rotatable bonds is 8.